The van der Waals surface area contributed by atoms with Crippen molar-refractivity contribution in [2.24, 2.45) is 0 Å². The molecular weight excluding hydrogens is 528 g/mol. The predicted molar refractivity (Wildman–Crippen MR) is 163 cm³/mol. The van der Waals surface area contributed by atoms with Crippen LogP contribution in [-0.4, -0.2) is 71.1 Å². The number of carbonyl (C=O) groups excluding carboxylic acids is 2. The van der Waals surface area contributed by atoms with Crippen LogP contribution in [0.5, 0.6) is 0 Å². The molecule has 3 aliphatic heterocycles. The molecule has 3 aromatic carbocycles. The van der Waals surface area contributed by atoms with Crippen LogP contribution in [0.25, 0.3) is 0 Å². The zero-order chi connectivity index (χ0) is 29.5. The Labute approximate surface area is 247 Å². The van der Waals surface area contributed by atoms with E-state index in [0.717, 1.165) is 61.4 Å². The van der Waals surface area contributed by atoms with E-state index < -0.39 is 16.9 Å². The molecule has 0 aromatic heterocycles. The summed E-state index contributed by atoms with van der Waals surface area (Å²) in [7, 11) is 0. The topological polar surface area (TPSA) is 84.4 Å². The highest BCUT2D eigenvalue weighted by molar-refractivity contribution is 6.07. The third kappa shape index (κ3) is 4.83. The van der Waals surface area contributed by atoms with Gasteiger partial charge >= 0.3 is 5.97 Å². The SMILES string of the molecule is CC1(C)C(=O)N(CCCN2CCC3(CC2)C(=O)N(Cc2ccc(C(=O)O)cc2)CN3c2ccccc2)c2ccccc21. The number of hydrogen-bond donors (Lipinski definition) is 1. The Bertz CT molecular complexity index is 1480. The largest absolute Gasteiger partial charge is 0.478 e. The Morgan fingerprint density at radius 3 is 2.19 bits per heavy atom. The molecule has 8 heteroatoms. The number of fused-ring (bicyclic) bond motifs is 1. The highest BCUT2D eigenvalue weighted by Gasteiger charge is 2.53. The van der Waals surface area contributed by atoms with Gasteiger partial charge in [0, 0.05) is 37.6 Å². The molecule has 3 aliphatic rings. The van der Waals surface area contributed by atoms with Crippen LogP contribution < -0.4 is 9.80 Å². The van der Waals surface area contributed by atoms with Crippen LogP contribution in [0.2, 0.25) is 0 Å². The lowest BCUT2D eigenvalue weighted by atomic mass is 9.85. The number of rotatable bonds is 8. The molecule has 1 N–H and O–H groups in total. The Morgan fingerprint density at radius 1 is 0.833 bits per heavy atom. The van der Waals surface area contributed by atoms with E-state index in [1.807, 2.05) is 60.0 Å². The quantitative estimate of drug-likeness (QED) is 0.424. The molecular formula is C34H38N4O4. The van der Waals surface area contributed by atoms with Gasteiger partial charge in [-0.1, -0.05) is 48.5 Å². The molecule has 3 heterocycles. The van der Waals surface area contributed by atoms with E-state index in [1.54, 1.807) is 24.3 Å². The summed E-state index contributed by atoms with van der Waals surface area (Å²) in [5, 5.41) is 9.24. The smallest absolute Gasteiger partial charge is 0.335 e. The Morgan fingerprint density at radius 2 is 1.50 bits per heavy atom. The summed E-state index contributed by atoms with van der Waals surface area (Å²) >= 11 is 0. The monoisotopic (exact) mass is 566 g/mol. The number of carbonyl (C=O) groups is 3. The first kappa shape index (κ1) is 28.0. The average molecular weight is 567 g/mol. The molecule has 1 spiro atoms. The van der Waals surface area contributed by atoms with Crippen LogP contribution in [0.15, 0.2) is 78.9 Å². The first-order valence-corrected chi connectivity index (χ1v) is 14.8. The van der Waals surface area contributed by atoms with Crippen LogP contribution in [0, 0.1) is 0 Å². The summed E-state index contributed by atoms with van der Waals surface area (Å²) in [4.78, 5) is 47.1. The minimum Gasteiger partial charge on any atom is -0.478 e. The van der Waals surface area contributed by atoms with E-state index in [4.69, 9.17) is 0 Å². The summed E-state index contributed by atoms with van der Waals surface area (Å²) in [5.74, 6) is -0.663. The number of piperidine rings is 1. The first-order valence-electron chi connectivity index (χ1n) is 14.8. The molecule has 0 unspecified atom stereocenters. The van der Waals surface area contributed by atoms with Crippen molar-refractivity contribution >= 4 is 29.2 Å². The minimum atomic E-state index is -0.958. The molecule has 2 saturated heterocycles. The number of benzene rings is 3. The molecule has 6 rings (SSSR count). The first-order chi connectivity index (χ1) is 20.2. The van der Waals surface area contributed by atoms with Crippen LogP contribution in [0.4, 0.5) is 11.4 Å². The molecule has 0 bridgehead atoms. The third-order valence-electron chi connectivity index (χ3n) is 9.34. The predicted octanol–water partition coefficient (Wildman–Crippen LogP) is 4.74. The standard InChI is InChI=1S/C34H38N4O4/c1-33(2)28-11-6-7-12-29(28)37(31(33)41)20-8-19-35-21-17-34(18-22-35)32(42)36(24-38(34)27-9-4-3-5-10-27)23-25-13-15-26(16-14-25)30(39)40/h3-7,9-16H,8,17-24H2,1-2H3,(H,39,40). The molecule has 0 radical (unpaired) electrons. The van der Waals surface area contributed by atoms with Gasteiger partial charge in [-0.25, -0.2) is 4.79 Å². The number of carboxylic acids is 1. The summed E-state index contributed by atoms with van der Waals surface area (Å²) in [6.07, 6.45) is 2.33. The number of likely N-dealkylation sites (tertiary alicyclic amines) is 1. The molecule has 0 aliphatic carbocycles. The van der Waals surface area contributed by atoms with Crippen molar-refractivity contribution in [2.45, 2.75) is 50.6 Å². The molecule has 42 heavy (non-hydrogen) atoms. The fourth-order valence-electron chi connectivity index (χ4n) is 6.92. The zero-order valence-electron chi connectivity index (χ0n) is 24.3. The molecule has 218 valence electrons. The highest BCUT2D eigenvalue weighted by Crippen LogP contribution is 2.42. The van der Waals surface area contributed by atoms with E-state index in [-0.39, 0.29) is 17.4 Å². The van der Waals surface area contributed by atoms with Crippen molar-refractivity contribution in [2.75, 3.05) is 42.6 Å². The second-order valence-electron chi connectivity index (χ2n) is 12.2. The maximum absolute atomic E-state index is 14.1. The number of nitrogens with zero attached hydrogens (tertiary/aromatic N) is 4. The molecule has 8 nitrogen and oxygen atoms in total. The summed E-state index contributed by atoms with van der Waals surface area (Å²) < 4.78 is 0. The average Bonchev–Trinajstić information content (AvgIpc) is 3.37. The molecule has 3 aromatic rings. The van der Waals surface area contributed by atoms with Gasteiger partial charge in [0.25, 0.3) is 0 Å². The van der Waals surface area contributed by atoms with Gasteiger partial charge < -0.3 is 24.7 Å². The van der Waals surface area contributed by atoms with Gasteiger partial charge in [0.1, 0.15) is 5.54 Å². The Kier molecular flexibility index (Phi) is 7.27. The van der Waals surface area contributed by atoms with Crippen LogP contribution in [0.3, 0.4) is 0 Å². The van der Waals surface area contributed by atoms with Gasteiger partial charge in [-0.3, -0.25) is 9.59 Å². The Hall–Kier alpha value is -4.17. The number of para-hydroxylation sites is 2. The van der Waals surface area contributed by atoms with E-state index >= 15 is 0 Å². The second kappa shape index (κ2) is 10.9. The van der Waals surface area contributed by atoms with Crippen LogP contribution in [0.1, 0.15) is 54.6 Å². The van der Waals surface area contributed by atoms with Crippen molar-refractivity contribution in [3.63, 3.8) is 0 Å². The van der Waals surface area contributed by atoms with Crippen molar-refractivity contribution in [1.82, 2.24) is 9.80 Å². The Balaban J connectivity index is 1.12. The van der Waals surface area contributed by atoms with Crippen molar-refractivity contribution in [3.8, 4) is 0 Å². The molecule has 0 atom stereocenters. The molecule has 2 fully saturated rings. The normalized spacial score (nSPS) is 19.5. The summed E-state index contributed by atoms with van der Waals surface area (Å²) in [5.41, 5.74) is 3.21. The van der Waals surface area contributed by atoms with E-state index in [1.165, 1.54) is 0 Å². The second-order valence-corrected chi connectivity index (χ2v) is 12.2. The third-order valence-corrected chi connectivity index (χ3v) is 9.34. The fraction of sp³-hybridized carbons (Fsp3) is 0.382. The van der Waals surface area contributed by atoms with Gasteiger partial charge in [0.05, 0.1) is 17.6 Å². The van der Waals surface area contributed by atoms with E-state index in [9.17, 15) is 19.5 Å². The van der Waals surface area contributed by atoms with E-state index in [0.29, 0.717) is 19.8 Å². The lowest BCUT2D eigenvalue weighted by Gasteiger charge is -2.43. The summed E-state index contributed by atoms with van der Waals surface area (Å²) in [6, 6.07) is 25.0. The maximum Gasteiger partial charge on any atom is 0.335 e. The zero-order valence-corrected chi connectivity index (χ0v) is 24.3. The van der Waals surface area contributed by atoms with Crippen LogP contribution >= 0.6 is 0 Å². The summed E-state index contributed by atoms with van der Waals surface area (Å²) in [6.45, 7) is 8.13. The lowest BCUT2D eigenvalue weighted by molar-refractivity contribution is -0.134. The van der Waals surface area contributed by atoms with Gasteiger partial charge in [-0.15, -0.1) is 0 Å². The van der Waals surface area contributed by atoms with Gasteiger partial charge in [-0.2, -0.15) is 0 Å². The number of hydrogen-bond acceptors (Lipinski definition) is 5. The molecule has 0 saturated carbocycles. The van der Waals surface area contributed by atoms with Crippen molar-refractivity contribution in [3.05, 3.63) is 95.6 Å². The highest BCUT2D eigenvalue weighted by atomic mass is 16.4. The number of amides is 2. The van der Waals surface area contributed by atoms with Crippen molar-refractivity contribution < 1.29 is 19.5 Å². The molecule has 2 amide bonds. The fourth-order valence-corrected chi connectivity index (χ4v) is 6.92. The maximum atomic E-state index is 14.1. The lowest BCUT2D eigenvalue weighted by Crippen LogP contribution is -2.56. The van der Waals surface area contributed by atoms with Gasteiger partial charge in [0.2, 0.25) is 11.8 Å². The van der Waals surface area contributed by atoms with Crippen LogP contribution in [-0.2, 0) is 21.5 Å². The van der Waals surface area contributed by atoms with Gasteiger partial charge in [0.15, 0.2) is 0 Å². The number of carboxylic acid groups (broad SMARTS) is 1. The minimum absolute atomic E-state index is 0.134. The van der Waals surface area contributed by atoms with Gasteiger partial charge in [-0.05, 0) is 81.1 Å². The number of anilines is 2. The van der Waals surface area contributed by atoms with Crippen molar-refractivity contribution in [1.29, 1.82) is 0 Å². The van der Waals surface area contributed by atoms with E-state index in [2.05, 4.69) is 28.0 Å². The number of aromatic carboxylic acids is 1.